The number of nitrogens with one attached hydrogen (secondary N) is 2. The largest absolute Gasteiger partial charge is 0.371 e. The monoisotopic (exact) mass is 403 g/mol. The van der Waals surface area contributed by atoms with Gasteiger partial charge in [-0.1, -0.05) is 0 Å². The van der Waals surface area contributed by atoms with Crippen molar-refractivity contribution in [3.8, 4) is 11.3 Å². The standard InChI is InChI=1S/C20H21N9O/c1-11(30)27-9-13-14(10-27)17(13)23-20-24-19(21-2)18-12(5-7-29(18)26-20)15-3-4-16-22-6-8-28(16)25-15/h3-8,13-14,17H,9-10H2,1-2H3,(H2,21,23,24,26)/t13-,14+,17?. The maximum absolute atomic E-state index is 11.5. The molecule has 4 aromatic rings. The number of rotatable bonds is 4. The number of carbonyl (C=O) groups is 1. The lowest BCUT2D eigenvalue weighted by Crippen LogP contribution is -2.32. The Morgan fingerprint density at radius 1 is 1.10 bits per heavy atom. The molecule has 10 nitrogen and oxygen atoms in total. The SMILES string of the molecule is CNc1nc(NC2[C@H]3CN(C(C)=O)C[C@@H]23)nn2ccc(-c3ccc4nccn4n3)c12. The van der Waals surface area contributed by atoms with Crippen molar-refractivity contribution < 1.29 is 4.79 Å². The molecule has 6 rings (SSSR count). The van der Waals surface area contributed by atoms with Crippen molar-refractivity contribution in [3.63, 3.8) is 0 Å². The Labute approximate surface area is 171 Å². The molecular weight excluding hydrogens is 382 g/mol. The van der Waals surface area contributed by atoms with Gasteiger partial charge in [0.05, 0.1) is 5.69 Å². The summed E-state index contributed by atoms with van der Waals surface area (Å²) in [6, 6.07) is 6.21. The second kappa shape index (κ2) is 6.15. The van der Waals surface area contributed by atoms with Gasteiger partial charge in [0.1, 0.15) is 5.52 Å². The molecule has 0 spiro atoms. The van der Waals surface area contributed by atoms with Crippen molar-refractivity contribution in [1.82, 2.24) is 34.1 Å². The highest BCUT2D eigenvalue weighted by atomic mass is 16.2. The van der Waals surface area contributed by atoms with E-state index in [2.05, 4.69) is 25.8 Å². The molecule has 1 aliphatic carbocycles. The van der Waals surface area contributed by atoms with Crippen molar-refractivity contribution in [2.45, 2.75) is 13.0 Å². The minimum Gasteiger partial charge on any atom is -0.371 e. The molecule has 1 aliphatic heterocycles. The Morgan fingerprint density at radius 3 is 2.70 bits per heavy atom. The Balaban J connectivity index is 1.31. The second-order valence-electron chi connectivity index (χ2n) is 7.93. The van der Waals surface area contributed by atoms with E-state index in [0.29, 0.717) is 23.8 Å². The molecule has 5 heterocycles. The highest BCUT2D eigenvalue weighted by Crippen LogP contribution is 2.47. The topological polar surface area (TPSA) is 105 Å². The molecule has 0 bridgehead atoms. The zero-order valence-corrected chi connectivity index (χ0v) is 16.6. The van der Waals surface area contributed by atoms with Gasteiger partial charge in [0.2, 0.25) is 11.9 Å². The Kier molecular flexibility index (Phi) is 3.53. The average Bonchev–Trinajstić information content (AvgIpc) is 3.23. The molecular formula is C20H21N9O. The molecule has 10 heteroatoms. The first-order valence-corrected chi connectivity index (χ1v) is 10.0. The van der Waals surface area contributed by atoms with Crippen LogP contribution in [-0.2, 0) is 4.79 Å². The van der Waals surface area contributed by atoms with Gasteiger partial charge in [0.25, 0.3) is 0 Å². The third-order valence-corrected chi connectivity index (χ3v) is 6.21. The quantitative estimate of drug-likeness (QED) is 0.530. The van der Waals surface area contributed by atoms with E-state index in [0.717, 1.165) is 41.3 Å². The summed E-state index contributed by atoms with van der Waals surface area (Å²) in [5.74, 6) is 2.44. The van der Waals surface area contributed by atoms with Crippen LogP contribution in [0.5, 0.6) is 0 Å². The number of nitrogens with zero attached hydrogens (tertiary/aromatic N) is 7. The molecule has 1 unspecified atom stereocenters. The van der Waals surface area contributed by atoms with E-state index in [1.54, 1.807) is 17.6 Å². The first-order chi connectivity index (χ1) is 14.6. The summed E-state index contributed by atoms with van der Waals surface area (Å²) in [5, 5.41) is 16.0. The van der Waals surface area contributed by atoms with Crippen LogP contribution in [0.25, 0.3) is 22.4 Å². The maximum atomic E-state index is 11.5. The number of fused-ring (bicyclic) bond motifs is 3. The summed E-state index contributed by atoms with van der Waals surface area (Å²) < 4.78 is 3.58. The molecule has 2 aliphatic rings. The second-order valence-corrected chi connectivity index (χ2v) is 7.93. The van der Waals surface area contributed by atoms with E-state index >= 15 is 0 Å². The molecule has 152 valence electrons. The van der Waals surface area contributed by atoms with Crippen LogP contribution >= 0.6 is 0 Å². The van der Waals surface area contributed by atoms with Crippen LogP contribution in [0, 0.1) is 11.8 Å². The van der Waals surface area contributed by atoms with E-state index in [4.69, 9.17) is 4.98 Å². The number of piperidine rings is 1. The summed E-state index contributed by atoms with van der Waals surface area (Å²) in [6.45, 7) is 3.26. The van der Waals surface area contributed by atoms with E-state index in [1.807, 2.05) is 47.1 Å². The van der Waals surface area contributed by atoms with Crippen LogP contribution in [0.15, 0.2) is 36.8 Å². The fourth-order valence-electron chi connectivity index (χ4n) is 4.57. The fourth-order valence-corrected chi connectivity index (χ4v) is 4.57. The van der Waals surface area contributed by atoms with Crippen LogP contribution in [0.1, 0.15) is 6.92 Å². The lowest BCUT2D eigenvalue weighted by atomic mass is 10.2. The Morgan fingerprint density at radius 2 is 1.93 bits per heavy atom. The molecule has 0 radical (unpaired) electrons. The van der Waals surface area contributed by atoms with Crippen LogP contribution in [0.4, 0.5) is 11.8 Å². The molecule has 4 aromatic heterocycles. The number of hydrogen-bond donors (Lipinski definition) is 2. The van der Waals surface area contributed by atoms with Crippen LogP contribution in [-0.4, -0.2) is 66.2 Å². The maximum Gasteiger partial charge on any atom is 0.243 e. The number of aromatic nitrogens is 6. The van der Waals surface area contributed by atoms with E-state index in [9.17, 15) is 4.79 Å². The van der Waals surface area contributed by atoms with Gasteiger partial charge >= 0.3 is 0 Å². The number of amides is 1. The summed E-state index contributed by atoms with van der Waals surface area (Å²) in [6.07, 6.45) is 5.48. The number of carbonyl (C=O) groups excluding carboxylic acids is 1. The third-order valence-electron chi connectivity index (χ3n) is 6.21. The number of imidazole rings is 1. The van der Waals surface area contributed by atoms with Gasteiger partial charge in [-0.3, -0.25) is 4.79 Å². The first kappa shape index (κ1) is 17.2. The van der Waals surface area contributed by atoms with Gasteiger partial charge in [-0.2, -0.15) is 10.1 Å². The lowest BCUT2D eigenvalue weighted by molar-refractivity contribution is -0.128. The first-order valence-electron chi connectivity index (χ1n) is 10.0. The normalized spacial score (nSPS) is 22.5. The predicted molar refractivity (Wildman–Crippen MR) is 111 cm³/mol. The van der Waals surface area contributed by atoms with Crippen LogP contribution < -0.4 is 10.6 Å². The molecule has 3 atom stereocenters. The van der Waals surface area contributed by atoms with Crippen molar-refractivity contribution in [2.24, 2.45) is 11.8 Å². The molecule has 30 heavy (non-hydrogen) atoms. The lowest BCUT2D eigenvalue weighted by Gasteiger charge is -2.18. The van der Waals surface area contributed by atoms with E-state index in [1.165, 1.54) is 0 Å². The minimum absolute atomic E-state index is 0.151. The van der Waals surface area contributed by atoms with Crippen molar-refractivity contribution >= 4 is 28.8 Å². The number of likely N-dealkylation sites (tertiary alicyclic amines) is 1. The summed E-state index contributed by atoms with van der Waals surface area (Å²) >= 11 is 0. The zero-order chi connectivity index (χ0) is 20.4. The fraction of sp³-hybridized carbons (Fsp3) is 0.350. The molecule has 2 fully saturated rings. The highest BCUT2D eigenvalue weighted by Gasteiger charge is 2.56. The Bertz CT molecular complexity index is 1280. The van der Waals surface area contributed by atoms with E-state index in [-0.39, 0.29) is 5.91 Å². The molecule has 1 amide bonds. The van der Waals surface area contributed by atoms with Crippen molar-refractivity contribution in [1.29, 1.82) is 0 Å². The average molecular weight is 403 g/mol. The van der Waals surface area contributed by atoms with Crippen molar-refractivity contribution in [3.05, 3.63) is 36.8 Å². The number of hydrogen-bond acceptors (Lipinski definition) is 7. The number of anilines is 2. The predicted octanol–water partition coefficient (Wildman–Crippen LogP) is 1.37. The van der Waals surface area contributed by atoms with Gasteiger partial charge in [0, 0.05) is 69.1 Å². The zero-order valence-electron chi connectivity index (χ0n) is 16.6. The minimum atomic E-state index is 0.151. The third kappa shape index (κ3) is 2.53. The van der Waals surface area contributed by atoms with Gasteiger partial charge in [0.15, 0.2) is 11.5 Å². The smallest absolute Gasteiger partial charge is 0.243 e. The van der Waals surface area contributed by atoms with Gasteiger partial charge < -0.3 is 15.5 Å². The Hall–Kier alpha value is -3.69. The summed E-state index contributed by atoms with van der Waals surface area (Å²) in [7, 11) is 1.85. The van der Waals surface area contributed by atoms with Gasteiger partial charge in [-0.15, -0.1) is 5.10 Å². The van der Waals surface area contributed by atoms with Gasteiger partial charge in [-0.05, 0) is 18.2 Å². The molecule has 1 saturated heterocycles. The summed E-state index contributed by atoms with van der Waals surface area (Å²) in [4.78, 5) is 22.4. The highest BCUT2D eigenvalue weighted by molar-refractivity contribution is 5.87. The van der Waals surface area contributed by atoms with E-state index < -0.39 is 0 Å². The van der Waals surface area contributed by atoms with Crippen molar-refractivity contribution in [2.75, 3.05) is 30.8 Å². The molecule has 0 aromatic carbocycles. The summed E-state index contributed by atoms with van der Waals surface area (Å²) in [5.41, 5.74) is 3.44. The molecule has 2 N–H and O–H groups in total. The van der Waals surface area contributed by atoms with Gasteiger partial charge in [-0.25, -0.2) is 14.0 Å². The van der Waals surface area contributed by atoms with Crippen LogP contribution in [0.2, 0.25) is 0 Å². The molecule has 1 saturated carbocycles. The van der Waals surface area contributed by atoms with Crippen LogP contribution in [0.3, 0.4) is 0 Å².